The molecule has 1 aromatic rings. The van der Waals surface area contributed by atoms with E-state index in [1.54, 1.807) is 23.9 Å². The molecule has 2 nitrogen and oxygen atoms in total. The molecule has 0 aliphatic carbocycles. The molecule has 0 bridgehead atoms. The lowest BCUT2D eigenvalue weighted by molar-refractivity contribution is 0.362. The predicted molar refractivity (Wildman–Crippen MR) is 67.2 cm³/mol. The average Bonchev–Trinajstić information content (AvgIpc) is 2.74. The van der Waals surface area contributed by atoms with E-state index in [-0.39, 0.29) is 5.82 Å². The van der Waals surface area contributed by atoms with Gasteiger partial charge in [0.15, 0.2) is 0 Å². The van der Waals surface area contributed by atoms with E-state index in [9.17, 15) is 4.39 Å². The summed E-state index contributed by atoms with van der Waals surface area (Å²) in [6.45, 7) is 3.45. The van der Waals surface area contributed by atoms with Crippen LogP contribution in [0.15, 0.2) is 23.1 Å². The van der Waals surface area contributed by atoms with Gasteiger partial charge in [-0.25, -0.2) is 4.39 Å². The average molecular weight is 240 g/mol. The van der Waals surface area contributed by atoms with E-state index in [0.29, 0.717) is 10.6 Å². The van der Waals surface area contributed by atoms with Crippen molar-refractivity contribution in [3.05, 3.63) is 24.0 Å². The Kier molecular flexibility index (Phi) is 4.07. The third kappa shape index (κ3) is 3.12. The van der Waals surface area contributed by atoms with Crippen LogP contribution in [0.3, 0.4) is 0 Å². The quantitative estimate of drug-likeness (QED) is 0.648. The van der Waals surface area contributed by atoms with E-state index < -0.39 is 0 Å². The molecule has 1 saturated heterocycles. The molecule has 1 heterocycles. The number of hydrogen-bond acceptors (Lipinski definition) is 3. The van der Waals surface area contributed by atoms with Gasteiger partial charge in [0.1, 0.15) is 5.82 Å². The molecule has 1 aromatic carbocycles. The molecule has 2 rings (SSSR count). The first kappa shape index (κ1) is 11.7. The highest BCUT2D eigenvalue weighted by molar-refractivity contribution is 7.99. The van der Waals surface area contributed by atoms with E-state index in [0.717, 1.165) is 12.3 Å². The Balaban J connectivity index is 1.80. The fraction of sp³-hybridized carbons (Fsp3) is 0.500. The van der Waals surface area contributed by atoms with E-state index in [2.05, 4.69) is 4.90 Å². The molecule has 1 aliphatic heterocycles. The Labute approximate surface area is 100 Å². The van der Waals surface area contributed by atoms with Gasteiger partial charge in [-0.3, -0.25) is 0 Å². The Morgan fingerprint density at radius 2 is 2.06 bits per heavy atom. The van der Waals surface area contributed by atoms with Crippen LogP contribution in [-0.2, 0) is 0 Å². The first-order valence-corrected chi connectivity index (χ1v) is 6.64. The number of nitrogens with two attached hydrogens (primary N) is 1. The summed E-state index contributed by atoms with van der Waals surface area (Å²) in [4.78, 5) is 3.13. The van der Waals surface area contributed by atoms with Gasteiger partial charge >= 0.3 is 0 Å². The van der Waals surface area contributed by atoms with Gasteiger partial charge in [0.2, 0.25) is 0 Å². The number of nitrogens with zero attached hydrogens (tertiary/aromatic N) is 1. The number of nitrogen functional groups attached to an aromatic ring is 1. The van der Waals surface area contributed by atoms with Crippen LogP contribution in [-0.4, -0.2) is 30.3 Å². The van der Waals surface area contributed by atoms with Crippen molar-refractivity contribution in [1.29, 1.82) is 0 Å². The van der Waals surface area contributed by atoms with Gasteiger partial charge in [-0.1, -0.05) is 0 Å². The molecule has 4 heteroatoms. The summed E-state index contributed by atoms with van der Waals surface area (Å²) in [6.07, 6.45) is 2.61. The first-order valence-electron chi connectivity index (χ1n) is 5.66. The van der Waals surface area contributed by atoms with Crippen LogP contribution in [0, 0.1) is 5.82 Å². The predicted octanol–water partition coefficient (Wildman–Crippen LogP) is 2.60. The smallest absolute Gasteiger partial charge is 0.138 e. The summed E-state index contributed by atoms with van der Waals surface area (Å²) in [6, 6.07) is 4.90. The number of halogens is 1. The van der Waals surface area contributed by atoms with Gasteiger partial charge in [-0.2, -0.15) is 0 Å². The maximum atomic E-state index is 13.4. The van der Waals surface area contributed by atoms with Gasteiger partial charge in [-0.15, -0.1) is 11.8 Å². The SMILES string of the molecule is Nc1ccc(SCCN2CCCC2)c(F)c1. The second-order valence-corrected chi connectivity index (χ2v) is 5.22. The minimum atomic E-state index is -0.202. The third-order valence-electron chi connectivity index (χ3n) is 2.82. The van der Waals surface area contributed by atoms with Crippen molar-refractivity contribution in [2.45, 2.75) is 17.7 Å². The summed E-state index contributed by atoms with van der Waals surface area (Å²) in [7, 11) is 0. The number of benzene rings is 1. The highest BCUT2D eigenvalue weighted by Crippen LogP contribution is 2.23. The zero-order chi connectivity index (χ0) is 11.4. The lowest BCUT2D eigenvalue weighted by Crippen LogP contribution is -2.21. The lowest BCUT2D eigenvalue weighted by atomic mass is 10.3. The third-order valence-corrected chi connectivity index (χ3v) is 3.85. The summed E-state index contributed by atoms with van der Waals surface area (Å²) < 4.78 is 13.4. The monoisotopic (exact) mass is 240 g/mol. The van der Waals surface area contributed by atoms with E-state index in [1.165, 1.54) is 32.0 Å². The van der Waals surface area contributed by atoms with Crippen LogP contribution in [0.1, 0.15) is 12.8 Å². The van der Waals surface area contributed by atoms with E-state index >= 15 is 0 Å². The summed E-state index contributed by atoms with van der Waals surface area (Å²) in [5, 5.41) is 0. The first-order chi connectivity index (χ1) is 7.75. The van der Waals surface area contributed by atoms with Crippen molar-refractivity contribution < 1.29 is 4.39 Å². The number of anilines is 1. The van der Waals surface area contributed by atoms with Crippen molar-refractivity contribution in [3.8, 4) is 0 Å². The molecule has 16 heavy (non-hydrogen) atoms. The van der Waals surface area contributed by atoms with Gasteiger partial charge < -0.3 is 10.6 Å². The van der Waals surface area contributed by atoms with Crippen molar-refractivity contribution in [3.63, 3.8) is 0 Å². The highest BCUT2D eigenvalue weighted by atomic mass is 32.2. The van der Waals surface area contributed by atoms with Crippen LogP contribution in [0.5, 0.6) is 0 Å². The van der Waals surface area contributed by atoms with Crippen LogP contribution in [0.4, 0.5) is 10.1 Å². The molecule has 88 valence electrons. The van der Waals surface area contributed by atoms with Crippen molar-refractivity contribution >= 4 is 17.4 Å². The second-order valence-electron chi connectivity index (χ2n) is 4.09. The molecular formula is C12H17FN2S. The van der Waals surface area contributed by atoms with Crippen LogP contribution in [0.25, 0.3) is 0 Å². The molecule has 0 amide bonds. The van der Waals surface area contributed by atoms with Crippen LogP contribution >= 0.6 is 11.8 Å². The minimum Gasteiger partial charge on any atom is -0.399 e. The fourth-order valence-electron chi connectivity index (χ4n) is 1.93. The van der Waals surface area contributed by atoms with Crippen LogP contribution in [0.2, 0.25) is 0 Å². The molecule has 0 aromatic heterocycles. The van der Waals surface area contributed by atoms with Gasteiger partial charge in [0, 0.05) is 22.9 Å². The van der Waals surface area contributed by atoms with E-state index in [1.807, 2.05) is 0 Å². The normalized spacial score (nSPS) is 16.8. The highest BCUT2D eigenvalue weighted by Gasteiger charge is 2.11. The Bertz CT molecular complexity index is 351. The lowest BCUT2D eigenvalue weighted by Gasteiger charge is -2.13. The van der Waals surface area contributed by atoms with Gasteiger partial charge in [0.25, 0.3) is 0 Å². The Morgan fingerprint density at radius 3 is 2.75 bits per heavy atom. The Hall–Kier alpha value is -0.740. The second kappa shape index (κ2) is 5.55. The maximum absolute atomic E-state index is 13.4. The van der Waals surface area contributed by atoms with E-state index in [4.69, 9.17) is 5.73 Å². The zero-order valence-electron chi connectivity index (χ0n) is 9.29. The number of likely N-dealkylation sites (tertiary alicyclic amines) is 1. The molecule has 1 fully saturated rings. The van der Waals surface area contributed by atoms with Crippen LogP contribution < -0.4 is 5.73 Å². The molecule has 0 spiro atoms. The summed E-state index contributed by atoms with van der Waals surface area (Å²) in [5.74, 6) is 0.743. The Morgan fingerprint density at radius 1 is 1.31 bits per heavy atom. The number of thioether (sulfide) groups is 1. The molecular weight excluding hydrogens is 223 g/mol. The molecule has 1 aliphatic rings. The van der Waals surface area contributed by atoms with Crippen molar-refractivity contribution in [2.24, 2.45) is 0 Å². The van der Waals surface area contributed by atoms with Crippen molar-refractivity contribution in [2.75, 3.05) is 31.1 Å². The minimum absolute atomic E-state index is 0.202. The molecule has 2 N–H and O–H groups in total. The standard InChI is InChI=1S/C12H17FN2S/c13-11-9-10(14)3-4-12(11)16-8-7-15-5-1-2-6-15/h3-4,9H,1-2,5-8,14H2. The van der Waals surface area contributed by atoms with Gasteiger partial charge in [-0.05, 0) is 44.1 Å². The summed E-state index contributed by atoms with van der Waals surface area (Å²) >= 11 is 1.57. The molecule has 0 radical (unpaired) electrons. The number of rotatable bonds is 4. The molecule has 0 saturated carbocycles. The van der Waals surface area contributed by atoms with Crippen molar-refractivity contribution in [1.82, 2.24) is 4.90 Å². The molecule has 0 atom stereocenters. The number of hydrogen-bond donors (Lipinski definition) is 1. The fourth-order valence-corrected chi connectivity index (χ4v) is 2.86. The van der Waals surface area contributed by atoms with Gasteiger partial charge in [0.05, 0.1) is 0 Å². The largest absolute Gasteiger partial charge is 0.399 e. The zero-order valence-corrected chi connectivity index (χ0v) is 10.1. The topological polar surface area (TPSA) is 29.3 Å². The maximum Gasteiger partial charge on any atom is 0.138 e. The molecule has 0 unspecified atom stereocenters. The summed E-state index contributed by atoms with van der Waals surface area (Å²) in [5.41, 5.74) is 5.99.